The predicted octanol–water partition coefficient (Wildman–Crippen LogP) is 5.03. The van der Waals surface area contributed by atoms with Gasteiger partial charge >= 0.3 is 0 Å². The number of ether oxygens (including phenoxy) is 1. The molecule has 0 atom stereocenters. The largest absolute Gasteiger partial charge is 0.455 e. The van der Waals surface area contributed by atoms with Gasteiger partial charge in [-0.2, -0.15) is 0 Å². The molecule has 178 valence electrons. The van der Waals surface area contributed by atoms with Gasteiger partial charge in [0.25, 0.3) is 0 Å². The van der Waals surface area contributed by atoms with E-state index in [9.17, 15) is 18.0 Å². The van der Waals surface area contributed by atoms with Crippen molar-refractivity contribution in [2.45, 2.75) is 31.6 Å². The number of hydrogen-bond donors (Lipinski definition) is 1. The number of nitrogens with one attached hydrogen (secondary N) is 1. The van der Waals surface area contributed by atoms with Crippen molar-refractivity contribution >= 4 is 27.4 Å². The third-order valence-electron chi connectivity index (χ3n) is 5.22. The standard InChI is InChI=1S/C26H28N2O5S/c1-19-8-6-9-22(18-19)33-25-11-5-4-10-24(25)27-26(30)12-7-17-28(3)34(31,32)23-15-13-21(14-16-23)20(2)29/h4-6,8-11,13-16,18H,7,12,17H2,1-3H3,(H,27,30). The molecule has 3 rings (SSSR count). The van der Waals surface area contributed by atoms with Crippen molar-refractivity contribution in [3.8, 4) is 11.5 Å². The molecule has 0 spiro atoms. The average Bonchev–Trinajstić information content (AvgIpc) is 2.80. The fourth-order valence-corrected chi connectivity index (χ4v) is 4.51. The number of para-hydroxylation sites is 2. The van der Waals surface area contributed by atoms with Gasteiger partial charge in [-0.05, 0) is 62.2 Å². The van der Waals surface area contributed by atoms with Gasteiger partial charge in [0.1, 0.15) is 5.75 Å². The zero-order valence-corrected chi connectivity index (χ0v) is 20.3. The van der Waals surface area contributed by atoms with Crippen molar-refractivity contribution in [1.29, 1.82) is 0 Å². The first-order chi connectivity index (χ1) is 16.2. The first-order valence-electron chi connectivity index (χ1n) is 10.9. The maximum atomic E-state index is 12.7. The summed E-state index contributed by atoms with van der Waals surface area (Å²) in [4.78, 5) is 24.0. The normalized spacial score (nSPS) is 11.3. The van der Waals surface area contributed by atoms with Crippen LogP contribution in [0.4, 0.5) is 5.69 Å². The highest BCUT2D eigenvalue weighted by Gasteiger charge is 2.21. The number of Topliss-reactive ketones (excluding diaryl/α,β-unsaturated/α-hetero) is 1. The van der Waals surface area contributed by atoms with Crippen molar-refractivity contribution < 1.29 is 22.7 Å². The Bertz CT molecular complexity index is 1270. The van der Waals surface area contributed by atoms with Crippen molar-refractivity contribution in [1.82, 2.24) is 4.31 Å². The van der Waals surface area contributed by atoms with Crippen molar-refractivity contribution in [2.24, 2.45) is 0 Å². The van der Waals surface area contributed by atoms with E-state index in [-0.39, 0.29) is 29.6 Å². The Morgan fingerprint density at radius 1 is 0.971 bits per heavy atom. The van der Waals surface area contributed by atoms with E-state index in [2.05, 4.69) is 5.32 Å². The molecule has 0 aromatic heterocycles. The van der Waals surface area contributed by atoms with Crippen LogP contribution in [0.5, 0.6) is 11.5 Å². The molecule has 0 heterocycles. The van der Waals surface area contributed by atoms with E-state index in [4.69, 9.17) is 4.74 Å². The molecule has 0 aliphatic heterocycles. The highest BCUT2D eigenvalue weighted by atomic mass is 32.2. The van der Waals surface area contributed by atoms with Crippen molar-refractivity contribution in [3.05, 3.63) is 83.9 Å². The van der Waals surface area contributed by atoms with Gasteiger partial charge in [0.2, 0.25) is 15.9 Å². The number of aryl methyl sites for hydroxylation is 1. The number of ketones is 1. The highest BCUT2D eigenvalue weighted by molar-refractivity contribution is 7.89. The zero-order chi connectivity index (χ0) is 24.7. The summed E-state index contributed by atoms with van der Waals surface area (Å²) in [7, 11) is -2.24. The SMILES string of the molecule is CC(=O)c1ccc(S(=O)(=O)N(C)CCCC(=O)Nc2ccccc2Oc2cccc(C)c2)cc1. The predicted molar refractivity (Wildman–Crippen MR) is 132 cm³/mol. The van der Waals surface area contributed by atoms with Gasteiger partial charge < -0.3 is 10.1 Å². The lowest BCUT2D eigenvalue weighted by molar-refractivity contribution is -0.116. The zero-order valence-electron chi connectivity index (χ0n) is 19.4. The minimum Gasteiger partial charge on any atom is -0.455 e. The van der Waals surface area contributed by atoms with Gasteiger partial charge in [-0.25, -0.2) is 12.7 Å². The molecule has 8 heteroatoms. The number of sulfonamides is 1. The van der Waals surface area contributed by atoms with Crippen LogP contribution in [-0.2, 0) is 14.8 Å². The van der Waals surface area contributed by atoms with E-state index >= 15 is 0 Å². The van der Waals surface area contributed by atoms with E-state index in [1.165, 1.54) is 42.5 Å². The lowest BCUT2D eigenvalue weighted by atomic mass is 10.2. The molecule has 34 heavy (non-hydrogen) atoms. The number of benzene rings is 3. The molecule has 0 fully saturated rings. The molecule has 0 aliphatic rings. The van der Waals surface area contributed by atoms with Crippen LogP contribution >= 0.6 is 0 Å². The van der Waals surface area contributed by atoms with Gasteiger partial charge in [0.05, 0.1) is 10.6 Å². The summed E-state index contributed by atoms with van der Waals surface area (Å²) in [6, 6.07) is 20.6. The summed E-state index contributed by atoms with van der Waals surface area (Å²) in [5.41, 5.74) is 2.05. The molecule has 0 saturated carbocycles. The monoisotopic (exact) mass is 480 g/mol. The summed E-state index contributed by atoms with van der Waals surface area (Å²) < 4.78 is 32.6. The molecule has 0 unspecified atom stereocenters. The Hall–Kier alpha value is -3.49. The van der Waals surface area contributed by atoms with E-state index < -0.39 is 10.0 Å². The van der Waals surface area contributed by atoms with E-state index in [1.807, 2.05) is 37.3 Å². The lowest BCUT2D eigenvalue weighted by Gasteiger charge is -2.17. The van der Waals surface area contributed by atoms with Crippen LogP contribution in [0.2, 0.25) is 0 Å². The van der Waals surface area contributed by atoms with Crippen LogP contribution in [0, 0.1) is 6.92 Å². The van der Waals surface area contributed by atoms with Crippen LogP contribution < -0.4 is 10.1 Å². The van der Waals surface area contributed by atoms with Crippen LogP contribution in [0.1, 0.15) is 35.7 Å². The van der Waals surface area contributed by atoms with Crippen molar-refractivity contribution in [2.75, 3.05) is 18.9 Å². The molecular formula is C26H28N2O5S. The Labute approximate surface area is 200 Å². The number of rotatable bonds is 10. The minimum atomic E-state index is -3.71. The van der Waals surface area contributed by atoms with Gasteiger partial charge in [-0.3, -0.25) is 9.59 Å². The van der Waals surface area contributed by atoms with Gasteiger partial charge in [0.15, 0.2) is 11.5 Å². The Kier molecular flexibility index (Phi) is 8.20. The third kappa shape index (κ3) is 6.52. The Morgan fingerprint density at radius 2 is 1.68 bits per heavy atom. The first-order valence-corrected chi connectivity index (χ1v) is 12.3. The van der Waals surface area contributed by atoms with Crippen LogP contribution in [0.3, 0.4) is 0 Å². The summed E-state index contributed by atoms with van der Waals surface area (Å²) in [6.07, 6.45) is 0.482. The minimum absolute atomic E-state index is 0.103. The molecule has 0 radical (unpaired) electrons. The third-order valence-corrected chi connectivity index (χ3v) is 7.10. The number of nitrogens with zero attached hydrogens (tertiary/aromatic N) is 1. The smallest absolute Gasteiger partial charge is 0.242 e. The second-order valence-corrected chi connectivity index (χ2v) is 10.0. The van der Waals surface area contributed by atoms with E-state index in [0.717, 1.165) is 5.56 Å². The summed E-state index contributed by atoms with van der Waals surface area (Å²) in [5, 5.41) is 2.84. The van der Waals surface area contributed by atoms with Crippen LogP contribution in [-0.4, -0.2) is 38.0 Å². The molecule has 7 nitrogen and oxygen atoms in total. The summed E-state index contributed by atoms with van der Waals surface area (Å²) >= 11 is 0. The van der Waals surface area contributed by atoms with E-state index in [0.29, 0.717) is 29.2 Å². The molecule has 0 bridgehead atoms. The van der Waals surface area contributed by atoms with Gasteiger partial charge in [-0.15, -0.1) is 0 Å². The summed E-state index contributed by atoms with van der Waals surface area (Å²) in [6.45, 7) is 3.57. The molecule has 0 aliphatic carbocycles. The second kappa shape index (κ2) is 11.1. The highest BCUT2D eigenvalue weighted by Crippen LogP contribution is 2.29. The average molecular weight is 481 g/mol. The molecule has 3 aromatic rings. The van der Waals surface area contributed by atoms with Gasteiger partial charge in [-0.1, -0.05) is 36.4 Å². The second-order valence-electron chi connectivity index (χ2n) is 7.97. The van der Waals surface area contributed by atoms with Crippen LogP contribution in [0.25, 0.3) is 0 Å². The van der Waals surface area contributed by atoms with Gasteiger partial charge in [0, 0.05) is 25.6 Å². The fraction of sp³-hybridized carbons (Fsp3) is 0.231. The topological polar surface area (TPSA) is 92.8 Å². The quantitative estimate of drug-likeness (QED) is 0.411. The number of hydrogen-bond acceptors (Lipinski definition) is 5. The fourth-order valence-electron chi connectivity index (χ4n) is 3.30. The van der Waals surface area contributed by atoms with Crippen LogP contribution in [0.15, 0.2) is 77.7 Å². The molecule has 1 N–H and O–H groups in total. The van der Waals surface area contributed by atoms with Crippen molar-refractivity contribution in [3.63, 3.8) is 0 Å². The molecule has 3 aromatic carbocycles. The molecule has 0 saturated heterocycles. The molecular weight excluding hydrogens is 452 g/mol. The number of carbonyl (C=O) groups is 2. The lowest BCUT2D eigenvalue weighted by Crippen LogP contribution is -2.28. The molecule has 1 amide bonds. The Balaban J connectivity index is 1.56. The maximum absolute atomic E-state index is 12.7. The Morgan fingerprint density at radius 3 is 2.35 bits per heavy atom. The maximum Gasteiger partial charge on any atom is 0.242 e. The number of carbonyl (C=O) groups excluding carboxylic acids is 2. The first kappa shape index (κ1) is 25.1. The van der Waals surface area contributed by atoms with E-state index in [1.54, 1.807) is 18.2 Å². The number of anilines is 1. The number of amides is 1. The summed E-state index contributed by atoms with van der Waals surface area (Å²) in [5.74, 6) is 0.825.